The first-order chi connectivity index (χ1) is 11.0. The normalized spacial score (nSPS) is 17.5. The van der Waals surface area contributed by atoms with Crippen LogP contribution in [-0.2, 0) is 19.3 Å². The molecule has 1 aliphatic heterocycles. The highest BCUT2D eigenvalue weighted by Crippen LogP contribution is 2.30. The van der Waals surface area contributed by atoms with E-state index >= 15 is 0 Å². The summed E-state index contributed by atoms with van der Waals surface area (Å²) in [6.45, 7) is 4.98. The van der Waals surface area contributed by atoms with Gasteiger partial charge in [-0.15, -0.1) is 11.3 Å². The van der Waals surface area contributed by atoms with Gasteiger partial charge in [-0.25, -0.2) is 4.98 Å². The first kappa shape index (κ1) is 16.4. The van der Waals surface area contributed by atoms with Crippen LogP contribution in [0.1, 0.15) is 16.3 Å². The third-order valence-corrected chi connectivity index (χ3v) is 4.75. The van der Waals surface area contributed by atoms with Crippen molar-refractivity contribution in [1.82, 2.24) is 14.8 Å². The van der Waals surface area contributed by atoms with E-state index < -0.39 is 11.9 Å². The second-order valence-electron chi connectivity index (χ2n) is 5.66. The van der Waals surface area contributed by atoms with Crippen molar-refractivity contribution in [2.45, 2.75) is 19.3 Å². The van der Waals surface area contributed by atoms with Crippen molar-refractivity contribution in [2.24, 2.45) is 0 Å². The molecule has 3 nitrogen and oxygen atoms in total. The molecule has 0 radical (unpaired) electrons. The first-order valence-electron chi connectivity index (χ1n) is 7.51. The number of halogens is 3. The Hall–Kier alpha value is -1.44. The van der Waals surface area contributed by atoms with Crippen LogP contribution < -0.4 is 0 Å². The molecule has 1 aliphatic rings. The maximum Gasteiger partial charge on any atom is 0.434 e. The molecule has 1 saturated heterocycles. The monoisotopic (exact) mass is 341 g/mol. The fourth-order valence-corrected chi connectivity index (χ4v) is 3.49. The lowest BCUT2D eigenvalue weighted by molar-refractivity contribution is -0.140. The number of hydrogen-bond donors (Lipinski definition) is 0. The molecule has 3 rings (SSSR count). The molecular formula is C16H18F3N3S. The van der Waals surface area contributed by atoms with Gasteiger partial charge in [0.2, 0.25) is 0 Å². The molecule has 0 unspecified atom stereocenters. The van der Waals surface area contributed by atoms with Gasteiger partial charge in [0.1, 0.15) is 5.01 Å². The lowest BCUT2D eigenvalue weighted by Crippen LogP contribution is -2.45. The Morgan fingerprint density at radius 1 is 0.957 bits per heavy atom. The summed E-state index contributed by atoms with van der Waals surface area (Å²) in [5.41, 5.74) is 0.510. The van der Waals surface area contributed by atoms with E-state index in [1.165, 1.54) is 5.56 Å². The van der Waals surface area contributed by atoms with Gasteiger partial charge in [0.25, 0.3) is 0 Å². The number of piperazine rings is 1. The molecule has 2 aromatic rings. The van der Waals surface area contributed by atoms with Gasteiger partial charge in [0.05, 0.1) is 6.54 Å². The molecule has 1 fully saturated rings. The topological polar surface area (TPSA) is 19.4 Å². The van der Waals surface area contributed by atoms with E-state index in [1.807, 2.05) is 18.2 Å². The van der Waals surface area contributed by atoms with E-state index in [2.05, 4.69) is 26.9 Å². The van der Waals surface area contributed by atoms with Crippen molar-refractivity contribution in [3.05, 3.63) is 52.0 Å². The number of alkyl halides is 3. The predicted molar refractivity (Wildman–Crippen MR) is 84.1 cm³/mol. The summed E-state index contributed by atoms with van der Waals surface area (Å²) in [5, 5.41) is 1.63. The Balaban J connectivity index is 1.48. The number of nitrogens with zero attached hydrogens (tertiary/aromatic N) is 3. The summed E-state index contributed by atoms with van der Waals surface area (Å²) in [4.78, 5) is 8.24. The zero-order valence-corrected chi connectivity index (χ0v) is 13.4. The predicted octanol–water partition coefficient (Wildman–Crippen LogP) is 3.48. The van der Waals surface area contributed by atoms with Crippen molar-refractivity contribution >= 4 is 11.3 Å². The Bertz CT molecular complexity index is 619. The lowest BCUT2D eigenvalue weighted by Gasteiger charge is -2.34. The Labute approximate surface area is 137 Å². The van der Waals surface area contributed by atoms with Gasteiger partial charge in [0.15, 0.2) is 5.69 Å². The van der Waals surface area contributed by atoms with Crippen LogP contribution in [-0.4, -0.2) is 41.0 Å². The van der Waals surface area contributed by atoms with E-state index in [1.54, 1.807) is 0 Å². The molecular weight excluding hydrogens is 323 g/mol. The summed E-state index contributed by atoms with van der Waals surface area (Å²) < 4.78 is 37.7. The highest BCUT2D eigenvalue weighted by molar-refractivity contribution is 7.09. The molecule has 0 saturated carbocycles. The largest absolute Gasteiger partial charge is 0.434 e. The summed E-state index contributed by atoms with van der Waals surface area (Å²) in [6, 6.07) is 10.3. The van der Waals surface area contributed by atoms with Crippen molar-refractivity contribution < 1.29 is 13.2 Å². The number of rotatable bonds is 4. The van der Waals surface area contributed by atoms with Gasteiger partial charge >= 0.3 is 6.18 Å². The number of hydrogen-bond acceptors (Lipinski definition) is 4. The van der Waals surface area contributed by atoms with Gasteiger partial charge < -0.3 is 0 Å². The molecule has 2 heterocycles. The van der Waals surface area contributed by atoms with Crippen molar-refractivity contribution in [2.75, 3.05) is 26.2 Å². The Morgan fingerprint density at radius 2 is 1.57 bits per heavy atom. The Kier molecular flexibility index (Phi) is 4.99. The minimum absolute atomic E-state index is 0.500. The minimum Gasteiger partial charge on any atom is -0.297 e. The third kappa shape index (κ3) is 4.53. The Morgan fingerprint density at radius 3 is 2.13 bits per heavy atom. The van der Waals surface area contributed by atoms with Gasteiger partial charge in [-0.2, -0.15) is 13.2 Å². The standard InChI is InChI=1S/C16H18F3N3S/c17-16(18,19)14-12-23-15(20-14)11-22-8-6-21(7-9-22)10-13-4-2-1-3-5-13/h1-5,12H,6-11H2. The molecule has 1 aromatic heterocycles. The van der Waals surface area contributed by atoms with Gasteiger partial charge in [0, 0.05) is 38.1 Å². The van der Waals surface area contributed by atoms with Crippen LogP contribution in [0.25, 0.3) is 0 Å². The number of benzene rings is 1. The van der Waals surface area contributed by atoms with Crippen molar-refractivity contribution in [3.63, 3.8) is 0 Å². The maximum absolute atomic E-state index is 12.6. The molecule has 7 heteroatoms. The molecule has 0 N–H and O–H groups in total. The number of aromatic nitrogens is 1. The summed E-state index contributed by atoms with van der Waals surface area (Å²) >= 11 is 1.09. The average molecular weight is 341 g/mol. The zero-order valence-electron chi connectivity index (χ0n) is 12.6. The van der Waals surface area contributed by atoms with Gasteiger partial charge in [-0.05, 0) is 5.56 Å². The second kappa shape index (κ2) is 6.98. The first-order valence-corrected chi connectivity index (χ1v) is 8.39. The van der Waals surface area contributed by atoms with E-state index in [9.17, 15) is 13.2 Å². The third-order valence-electron chi connectivity index (χ3n) is 3.91. The highest BCUT2D eigenvalue weighted by Gasteiger charge is 2.33. The summed E-state index contributed by atoms with van der Waals surface area (Å²) in [5.74, 6) is 0. The quantitative estimate of drug-likeness (QED) is 0.849. The summed E-state index contributed by atoms with van der Waals surface area (Å²) in [7, 11) is 0. The second-order valence-corrected chi connectivity index (χ2v) is 6.60. The molecule has 0 bridgehead atoms. The van der Waals surface area contributed by atoms with Crippen LogP contribution in [0.4, 0.5) is 13.2 Å². The summed E-state index contributed by atoms with van der Waals surface area (Å²) in [6.07, 6.45) is -4.34. The fraction of sp³-hybridized carbons (Fsp3) is 0.438. The van der Waals surface area contributed by atoms with Gasteiger partial charge in [-0.1, -0.05) is 30.3 Å². The van der Waals surface area contributed by atoms with Gasteiger partial charge in [-0.3, -0.25) is 9.80 Å². The van der Waals surface area contributed by atoms with Crippen LogP contribution in [0.15, 0.2) is 35.7 Å². The molecule has 0 atom stereocenters. The van der Waals surface area contributed by atoms with Crippen molar-refractivity contribution in [3.8, 4) is 0 Å². The average Bonchev–Trinajstić information content (AvgIpc) is 2.99. The van der Waals surface area contributed by atoms with E-state index in [4.69, 9.17) is 0 Å². The van der Waals surface area contributed by atoms with E-state index in [0.29, 0.717) is 11.6 Å². The minimum atomic E-state index is -4.34. The molecule has 0 amide bonds. The smallest absolute Gasteiger partial charge is 0.297 e. The van der Waals surface area contributed by atoms with Crippen molar-refractivity contribution in [1.29, 1.82) is 0 Å². The number of thiazole rings is 1. The SMILES string of the molecule is FC(F)(F)c1csc(CN2CCN(Cc3ccccc3)CC2)n1. The fourth-order valence-electron chi connectivity index (χ4n) is 2.65. The molecule has 124 valence electrons. The highest BCUT2D eigenvalue weighted by atomic mass is 32.1. The lowest BCUT2D eigenvalue weighted by atomic mass is 10.2. The van der Waals surface area contributed by atoms with Crippen LogP contribution >= 0.6 is 11.3 Å². The molecule has 0 aliphatic carbocycles. The van der Waals surface area contributed by atoms with Crippen LogP contribution in [0.3, 0.4) is 0 Å². The van der Waals surface area contributed by atoms with E-state index in [-0.39, 0.29) is 0 Å². The molecule has 23 heavy (non-hydrogen) atoms. The molecule has 1 aromatic carbocycles. The van der Waals surface area contributed by atoms with Crippen LogP contribution in [0.5, 0.6) is 0 Å². The maximum atomic E-state index is 12.6. The van der Waals surface area contributed by atoms with E-state index in [0.717, 1.165) is 49.4 Å². The van der Waals surface area contributed by atoms with Crippen LogP contribution in [0.2, 0.25) is 0 Å². The zero-order chi connectivity index (χ0) is 16.3. The molecule has 0 spiro atoms. The van der Waals surface area contributed by atoms with Crippen LogP contribution in [0, 0.1) is 0 Å².